The predicted molar refractivity (Wildman–Crippen MR) is 70.2 cm³/mol. The van der Waals surface area contributed by atoms with Crippen LogP contribution in [0.25, 0.3) is 10.8 Å². The molecule has 0 bridgehead atoms. The highest BCUT2D eigenvalue weighted by atomic mass is 19.2. The molecule has 0 aliphatic rings. The minimum absolute atomic E-state index is 0.0196. The molecule has 106 valence electrons. The van der Waals surface area contributed by atoms with Gasteiger partial charge in [-0.2, -0.15) is 0 Å². The van der Waals surface area contributed by atoms with Crippen molar-refractivity contribution in [3.05, 3.63) is 45.9 Å². The Bertz CT molecular complexity index is 742. The number of halogens is 2. The van der Waals surface area contributed by atoms with Crippen LogP contribution in [0.1, 0.15) is 18.5 Å². The molecule has 20 heavy (non-hydrogen) atoms. The lowest BCUT2D eigenvalue weighted by Crippen LogP contribution is -2.34. The number of carbonyl (C=O) groups excluding carboxylic acids is 1. The molecular formula is C13H13F2N3O2. The van der Waals surface area contributed by atoms with Crippen LogP contribution in [-0.4, -0.2) is 23.0 Å². The quantitative estimate of drug-likeness (QED) is 0.881. The molecule has 7 heteroatoms. The molecule has 1 aromatic carbocycles. The van der Waals surface area contributed by atoms with Gasteiger partial charge in [-0.1, -0.05) is 0 Å². The number of nitrogens with zero attached hydrogens (tertiary/aromatic N) is 1. The second-order valence-corrected chi connectivity index (χ2v) is 4.51. The maximum Gasteiger partial charge on any atom is 0.315 e. The molecule has 1 aromatic heterocycles. The van der Waals surface area contributed by atoms with Gasteiger partial charge in [0, 0.05) is 13.2 Å². The van der Waals surface area contributed by atoms with E-state index in [0.717, 1.165) is 12.1 Å². The largest absolute Gasteiger partial charge is 0.351 e. The molecule has 1 unspecified atom stereocenters. The van der Waals surface area contributed by atoms with Crippen LogP contribution in [0.3, 0.4) is 0 Å². The maximum atomic E-state index is 13.4. The maximum absolute atomic E-state index is 13.4. The first kappa shape index (κ1) is 14.0. The van der Waals surface area contributed by atoms with Gasteiger partial charge in [0.1, 0.15) is 0 Å². The number of urea groups is 1. The van der Waals surface area contributed by atoms with Crippen molar-refractivity contribution < 1.29 is 13.6 Å². The topological polar surface area (TPSA) is 79.2 Å². The molecule has 0 spiro atoms. The molecule has 5 nitrogen and oxygen atoms in total. The van der Waals surface area contributed by atoms with E-state index >= 15 is 0 Å². The van der Waals surface area contributed by atoms with Crippen molar-refractivity contribution in [2.75, 3.05) is 7.05 Å². The van der Waals surface area contributed by atoms with Crippen LogP contribution in [0, 0.1) is 11.6 Å². The molecule has 2 amide bonds. The number of nitrogens with one attached hydrogen (secondary N) is 1. The number of carbonyl (C=O) groups is 1. The van der Waals surface area contributed by atoms with Crippen LogP contribution in [-0.2, 0) is 0 Å². The molecular weight excluding hydrogens is 268 g/mol. The number of amides is 2. The van der Waals surface area contributed by atoms with Crippen molar-refractivity contribution in [2.24, 2.45) is 5.73 Å². The van der Waals surface area contributed by atoms with Gasteiger partial charge in [-0.25, -0.2) is 13.6 Å². The molecule has 0 aliphatic carbocycles. The fourth-order valence-electron chi connectivity index (χ4n) is 2.02. The first-order valence-electron chi connectivity index (χ1n) is 5.85. The van der Waals surface area contributed by atoms with Gasteiger partial charge in [0.15, 0.2) is 11.6 Å². The summed E-state index contributed by atoms with van der Waals surface area (Å²) in [5.74, 6) is -2.16. The average Bonchev–Trinajstić information content (AvgIpc) is 2.40. The number of aromatic nitrogens is 1. The van der Waals surface area contributed by atoms with Crippen molar-refractivity contribution in [2.45, 2.75) is 13.0 Å². The number of pyridine rings is 1. The lowest BCUT2D eigenvalue weighted by Gasteiger charge is -2.24. The summed E-state index contributed by atoms with van der Waals surface area (Å²) in [6, 6.07) is 0.612. The predicted octanol–water partition coefficient (Wildman–Crippen LogP) is 1.88. The number of hydrogen-bond donors (Lipinski definition) is 2. The Morgan fingerprint density at radius 3 is 2.40 bits per heavy atom. The fourth-order valence-corrected chi connectivity index (χ4v) is 2.02. The Labute approximate surface area is 113 Å². The van der Waals surface area contributed by atoms with Gasteiger partial charge < -0.3 is 15.6 Å². The molecule has 1 heterocycles. The Balaban J connectivity index is 2.72. The summed E-state index contributed by atoms with van der Waals surface area (Å²) < 4.78 is 26.6. The van der Waals surface area contributed by atoms with E-state index in [4.69, 9.17) is 5.73 Å². The zero-order valence-electron chi connectivity index (χ0n) is 10.9. The van der Waals surface area contributed by atoms with Gasteiger partial charge in [0.25, 0.3) is 5.56 Å². The molecule has 0 fully saturated rings. The van der Waals surface area contributed by atoms with Gasteiger partial charge in [-0.3, -0.25) is 4.79 Å². The normalized spacial score (nSPS) is 12.4. The van der Waals surface area contributed by atoms with E-state index in [2.05, 4.69) is 4.98 Å². The van der Waals surface area contributed by atoms with Crippen molar-refractivity contribution in [1.82, 2.24) is 9.88 Å². The summed E-state index contributed by atoms with van der Waals surface area (Å²) >= 11 is 0. The third kappa shape index (κ3) is 2.22. The molecule has 2 aromatic rings. The van der Waals surface area contributed by atoms with E-state index in [1.54, 1.807) is 6.92 Å². The number of primary amides is 1. The smallest absolute Gasteiger partial charge is 0.315 e. The summed E-state index contributed by atoms with van der Waals surface area (Å²) in [5.41, 5.74) is 5.12. The van der Waals surface area contributed by atoms with E-state index in [0.29, 0.717) is 5.56 Å². The highest BCUT2D eigenvalue weighted by molar-refractivity contribution is 5.85. The van der Waals surface area contributed by atoms with E-state index in [-0.39, 0.29) is 10.8 Å². The molecule has 0 radical (unpaired) electrons. The van der Waals surface area contributed by atoms with Crippen LogP contribution in [0.4, 0.5) is 13.6 Å². The first-order valence-corrected chi connectivity index (χ1v) is 5.85. The monoisotopic (exact) mass is 281 g/mol. The molecule has 3 N–H and O–H groups in total. The molecule has 2 rings (SSSR count). The van der Waals surface area contributed by atoms with Crippen molar-refractivity contribution in [3.63, 3.8) is 0 Å². The zero-order chi connectivity index (χ0) is 15.0. The van der Waals surface area contributed by atoms with Gasteiger partial charge >= 0.3 is 6.03 Å². The average molecular weight is 281 g/mol. The van der Waals surface area contributed by atoms with E-state index < -0.39 is 29.3 Å². The summed E-state index contributed by atoms with van der Waals surface area (Å²) in [6.45, 7) is 1.67. The number of nitrogens with two attached hydrogens (primary N) is 1. The van der Waals surface area contributed by atoms with Crippen LogP contribution >= 0.6 is 0 Å². The highest BCUT2D eigenvalue weighted by Crippen LogP contribution is 2.26. The number of H-pyrrole nitrogens is 1. The van der Waals surface area contributed by atoms with Crippen molar-refractivity contribution in [1.29, 1.82) is 0 Å². The third-order valence-electron chi connectivity index (χ3n) is 3.35. The van der Waals surface area contributed by atoms with E-state index in [9.17, 15) is 18.4 Å². The number of benzene rings is 1. The van der Waals surface area contributed by atoms with Crippen LogP contribution in [0.15, 0.2) is 23.1 Å². The summed E-state index contributed by atoms with van der Waals surface area (Å²) in [5, 5.41) is 0.263. The minimum atomic E-state index is -1.10. The Hall–Kier alpha value is -2.44. The van der Waals surface area contributed by atoms with E-state index in [1.165, 1.54) is 18.1 Å². The van der Waals surface area contributed by atoms with Crippen LogP contribution in [0.5, 0.6) is 0 Å². The number of fused-ring (bicyclic) bond motifs is 1. The van der Waals surface area contributed by atoms with Crippen molar-refractivity contribution in [3.8, 4) is 0 Å². The van der Waals surface area contributed by atoms with Gasteiger partial charge in [0.2, 0.25) is 0 Å². The van der Waals surface area contributed by atoms with Gasteiger partial charge in [0.05, 0.1) is 11.4 Å². The third-order valence-corrected chi connectivity index (χ3v) is 3.35. The summed E-state index contributed by atoms with van der Waals surface area (Å²) in [7, 11) is 1.48. The SMILES string of the molecule is CC(c1c[nH]c(=O)c2cc(F)c(F)cc12)N(C)C(N)=O. The minimum Gasteiger partial charge on any atom is -0.351 e. The lowest BCUT2D eigenvalue weighted by atomic mass is 10.0. The summed E-state index contributed by atoms with van der Waals surface area (Å²) in [4.78, 5) is 26.5. The standard InChI is InChI=1S/C13H13F2N3O2/c1-6(18(2)13(16)20)9-5-17-12(19)8-4-11(15)10(14)3-7(8)9/h3-6H,1-2H3,(H2,16,20)(H,17,19). The Morgan fingerprint density at radius 2 is 1.85 bits per heavy atom. The number of hydrogen-bond acceptors (Lipinski definition) is 2. The fraction of sp³-hybridized carbons (Fsp3) is 0.231. The van der Waals surface area contributed by atoms with Crippen LogP contribution < -0.4 is 11.3 Å². The first-order chi connectivity index (χ1) is 9.32. The van der Waals surface area contributed by atoms with E-state index in [1.807, 2.05) is 0 Å². The van der Waals surface area contributed by atoms with Gasteiger partial charge in [-0.15, -0.1) is 0 Å². The second kappa shape index (κ2) is 4.92. The lowest BCUT2D eigenvalue weighted by molar-refractivity contribution is 0.204. The second-order valence-electron chi connectivity index (χ2n) is 4.51. The Kier molecular flexibility index (Phi) is 3.44. The highest BCUT2D eigenvalue weighted by Gasteiger charge is 2.19. The number of aromatic amines is 1. The molecule has 0 aliphatic heterocycles. The van der Waals surface area contributed by atoms with Crippen molar-refractivity contribution >= 4 is 16.8 Å². The molecule has 1 atom stereocenters. The zero-order valence-corrected chi connectivity index (χ0v) is 10.9. The van der Waals surface area contributed by atoms with Crippen LogP contribution in [0.2, 0.25) is 0 Å². The Morgan fingerprint density at radius 1 is 1.30 bits per heavy atom. The molecule has 0 saturated heterocycles. The number of rotatable bonds is 2. The summed E-state index contributed by atoms with van der Waals surface area (Å²) in [6.07, 6.45) is 1.37. The van der Waals surface area contributed by atoms with Gasteiger partial charge in [-0.05, 0) is 30.0 Å². The molecule has 0 saturated carbocycles.